The Kier molecular flexibility index (Phi) is 5.37. The van der Waals surface area contributed by atoms with Gasteiger partial charge < -0.3 is 4.90 Å². The first-order valence-electron chi connectivity index (χ1n) is 9.93. The van der Waals surface area contributed by atoms with E-state index in [9.17, 15) is 14.0 Å². The predicted octanol–water partition coefficient (Wildman–Crippen LogP) is 3.51. The van der Waals surface area contributed by atoms with Gasteiger partial charge in [0.2, 0.25) is 5.91 Å². The van der Waals surface area contributed by atoms with E-state index in [-0.39, 0.29) is 24.2 Å². The van der Waals surface area contributed by atoms with Crippen molar-refractivity contribution in [3.05, 3.63) is 82.7 Å². The Morgan fingerprint density at radius 3 is 2.42 bits per heavy atom. The lowest BCUT2D eigenvalue weighted by Gasteiger charge is -2.18. The van der Waals surface area contributed by atoms with Gasteiger partial charge in [0, 0.05) is 18.1 Å². The minimum atomic E-state index is -0.434. The molecule has 0 saturated heterocycles. The molecule has 7 nitrogen and oxygen atoms in total. The maximum atomic E-state index is 13.4. The van der Waals surface area contributed by atoms with E-state index in [4.69, 9.17) is 0 Å². The van der Waals surface area contributed by atoms with Gasteiger partial charge in [0.1, 0.15) is 17.9 Å². The molecular formula is C23H22FN5O2. The molecule has 0 radical (unpaired) electrons. The highest BCUT2D eigenvalue weighted by molar-refractivity contribution is 5.92. The Balaban J connectivity index is 1.81. The van der Waals surface area contributed by atoms with Gasteiger partial charge in [-0.25, -0.2) is 13.8 Å². The van der Waals surface area contributed by atoms with Crippen molar-refractivity contribution in [2.75, 3.05) is 11.9 Å². The van der Waals surface area contributed by atoms with Gasteiger partial charge >= 0.3 is 0 Å². The fourth-order valence-corrected chi connectivity index (χ4v) is 3.43. The van der Waals surface area contributed by atoms with Crippen molar-refractivity contribution in [2.24, 2.45) is 0 Å². The summed E-state index contributed by atoms with van der Waals surface area (Å²) >= 11 is 0. The van der Waals surface area contributed by atoms with Crippen LogP contribution in [0.25, 0.3) is 16.6 Å². The van der Waals surface area contributed by atoms with Crippen LogP contribution >= 0.6 is 0 Å². The Morgan fingerprint density at radius 1 is 1.10 bits per heavy atom. The van der Waals surface area contributed by atoms with E-state index in [1.54, 1.807) is 25.4 Å². The third kappa shape index (κ3) is 3.84. The zero-order valence-electron chi connectivity index (χ0n) is 17.5. The first-order chi connectivity index (χ1) is 14.9. The highest BCUT2D eigenvalue weighted by atomic mass is 19.1. The standard InChI is InChI=1S/C23H22FN5O2/c1-15(2)21-19-13-25-29(18-11-9-16(24)10-12-18)22(19)23(31)28(26-21)14-20(30)27(3)17-7-5-4-6-8-17/h4-13,15H,14H2,1-3H3. The number of anilines is 1. The van der Waals surface area contributed by atoms with Crippen LogP contribution in [0.4, 0.5) is 10.1 Å². The minimum Gasteiger partial charge on any atom is -0.314 e. The molecule has 0 bridgehead atoms. The van der Waals surface area contributed by atoms with Crippen LogP contribution in [0, 0.1) is 5.82 Å². The number of carbonyl (C=O) groups excluding carboxylic acids is 1. The van der Waals surface area contributed by atoms with Crippen LogP contribution in [0.3, 0.4) is 0 Å². The van der Waals surface area contributed by atoms with Crippen molar-refractivity contribution in [3.63, 3.8) is 0 Å². The van der Waals surface area contributed by atoms with Crippen molar-refractivity contribution in [1.29, 1.82) is 0 Å². The monoisotopic (exact) mass is 419 g/mol. The molecule has 4 rings (SSSR count). The van der Waals surface area contributed by atoms with Crippen molar-refractivity contribution in [3.8, 4) is 5.69 Å². The molecule has 8 heteroatoms. The van der Waals surface area contributed by atoms with Gasteiger partial charge in [-0.2, -0.15) is 10.2 Å². The molecule has 0 fully saturated rings. The van der Waals surface area contributed by atoms with Gasteiger partial charge in [0.25, 0.3) is 5.56 Å². The first-order valence-corrected chi connectivity index (χ1v) is 9.93. The van der Waals surface area contributed by atoms with E-state index in [0.29, 0.717) is 22.3 Å². The SMILES string of the molecule is CC(C)c1nn(CC(=O)N(C)c2ccccc2)c(=O)c2c1cnn2-c1ccc(F)cc1. The molecule has 2 aromatic carbocycles. The Labute approximate surface area is 178 Å². The lowest BCUT2D eigenvalue weighted by atomic mass is 10.1. The number of carbonyl (C=O) groups is 1. The summed E-state index contributed by atoms with van der Waals surface area (Å²) in [5.41, 5.74) is 1.81. The van der Waals surface area contributed by atoms with Gasteiger partial charge in [-0.15, -0.1) is 0 Å². The number of para-hydroxylation sites is 1. The fourth-order valence-electron chi connectivity index (χ4n) is 3.43. The lowest BCUT2D eigenvalue weighted by Crippen LogP contribution is -2.36. The van der Waals surface area contributed by atoms with E-state index in [0.717, 1.165) is 5.69 Å². The van der Waals surface area contributed by atoms with Gasteiger partial charge in [0.05, 0.1) is 17.6 Å². The topological polar surface area (TPSA) is 73.0 Å². The maximum absolute atomic E-state index is 13.4. The van der Waals surface area contributed by atoms with Gasteiger partial charge in [-0.3, -0.25) is 9.59 Å². The summed E-state index contributed by atoms with van der Waals surface area (Å²) in [6, 6.07) is 14.9. The number of aromatic nitrogens is 4. The van der Waals surface area contributed by atoms with Crippen LogP contribution in [0.15, 0.2) is 65.6 Å². The molecule has 0 saturated carbocycles. The number of nitrogens with zero attached hydrogens (tertiary/aromatic N) is 5. The molecule has 0 N–H and O–H groups in total. The van der Waals surface area contributed by atoms with Crippen molar-refractivity contribution in [2.45, 2.75) is 26.3 Å². The molecule has 0 aliphatic rings. The minimum absolute atomic E-state index is 0.00201. The van der Waals surface area contributed by atoms with Crippen molar-refractivity contribution in [1.82, 2.24) is 19.6 Å². The number of benzene rings is 2. The zero-order chi connectivity index (χ0) is 22.1. The van der Waals surface area contributed by atoms with E-state index in [1.165, 1.54) is 26.4 Å². The van der Waals surface area contributed by atoms with E-state index in [1.807, 2.05) is 44.2 Å². The van der Waals surface area contributed by atoms with Crippen LogP contribution < -0.4 is 10.5 Å². The largest absolute Gasteiger partial charge is 0.314 e. The molecule has 0 atom stereocenters. The second-order valence-corrected chi connectivity index (χ2v) is 7.59. The van der Waals surface area contributed by atoms with Crippen LogP contribution in [0.1, 0.15) is 25.5 Å². The quantitative estimate of drug-likeness (QED) is 0.496. The summed E-state index contributed by atoms with van der Waals surface area (Å²) < 4.78 is 16.0. The first kappa shape index (κ1) is 20.5. The zero-order valence-corrected chi connectivity index (χ0v) is 17.5. The summed E-state index contributed by atoms with van der Waals surface area (Å²) in [5, 5.41) is 9.44. The van der Waals surface area contributed by atoms with Crippen LogP contribution in [0.5, 0.6) is 0 Å². The average Bonchev–Trinajstić information content (AvgIpc) is 3.21. The molecular weight excluding hydrogens is 397 g/mol. The predicted molar refractivity (Wildman–Crippen MR) is 117 cm³/mol. The summed E-state index contributed by atoms with van der Waals surface area (Å²) in [4.78, 5) is 27.7. The number of likely N-dealkylation sites (N-methyl/N-ethyl adjacent to an activating group) is 1. The smallest absolute Gasteiger partial charge is 0.293 e. The van der Waals surface area contributed by atoms with E-state index < -0.39 is 5.56 Å². The third-order valence-electron chi connectivity index (χ3n) is 5.13. The molecule has 0 aliphatic heterocycles. The highest BCUT2D eigenvalue weighted by Crippen LogP contribution is 2.23. The molecule has 0 aliphatic carbocycles. The molecule has 158 valence electrons. The summed E-state index contributed by atoms with van der Waals surface area (Å²) in [6.07, 6.45) is 1.59. The van der Waals surface area contributed by atoms with Crippen LogP contribution in [-0.2, 0) is 11.3 Å². The van der Waals surface area contributed by atoms with Gasteiger partial charge in [-0.1, -0.05) is 32.0 Å². The van der Waals surface area contributed by atoms with Gasteiger partial charge in [0.15, 0.2) is 0 Å². The second-order valence-electron chi connectivity index (χ2n) is 7.59. The number of amides is 1. The Morgan fingerprint density at radius 2 is 1.77 bits per heavy atom. The number of hydrogen-bond acceptors (Lipinski definition) is 4. The number of rotatable bonds is 5. The Bertz CT molecular complexity index is 1290. The summed E-state index contributed by atoms with van der Waals surface area (Å²) in [5.74, 6) is -0.651. The van der Waals surface area contributed by atoms with E-state index in [2.05, 4.69) is 10.2 Å². The van der Waals surface area contributed by atoms with Crippen LogP contribution in [-0.4, -0.2) is 32.5 Å². The molecule has 2 aromatic heterocycles. The van der Waals surface area contributed by atoms with Crippen molar-refractivity contribution < 1.29 is 9.18 Å². The number of hydrogen-bond donors (Lipinski definition) is 0. The lowest BCUT2D eigenvalue weighted by molar-refractivity contribution is -0.119. The maximum Gasteiger partial charge on any atom is 0.293 e. The average molecular weight is 419 g/mol. The molecule has 1 amide bonds. The third-order valence-corrected chi connectivity index (χ3v) is 5.13. The van der Waals surface area contributed by atoms with Gasteiger partial charge in [-0.05, 0) is 42.3 Å². The van der Waals surface area contributed by atoms with Crippen LogP contribution in [0.2, 0.25) is 0 Å². The molecule has 0 spiro atoms. The number of halogens is 1. The molecule has 4 aromatic rings. The Hall–Kier alpha value is -3.81. The summed E-state index contributed by atoms with van der Waals surface area (Å²) in [6.45, 7) is 3.71. The normalized spacial score (nSPS) is 11.3. The fraction of sp³-hybridized carbons (Fsp3) is 0.217. The second kappa shape index (κ2) is 8.14. The van der Waals surface area contributed by atoms with E-state index >= 15 is 0 Å². The van der Waals surface area contributed by atoms with Crippen molar-refractivity contribution >= 4 is 22.5 Å². The molecule has 0 unspecified atom stereocenters. The number of fused-ring (bicyclic) bond motifs is 1. The molecule has 2 heterocycles. The highest BCUT2D eigenvalue weighted by Gasteiger charge is 2.21. The summed E-state index contributed by atoms with van der Waals surface area (Å²) in [7, 11) is 1.66. The molecule has 31 heavy (non-hydrogen) atoms.